The van der Waals surface area contributed by atoms with Crippen LogP contribution in [0.5, 0.6) is 5.75 Å². The Morgan fingerprint density at radius 2 is 1.72 bits per heavy atom. The summed E-state index contributed by atoms with van der Waals surface area (Å²) in [7, 11) is 0. The molecule has 1 aromatic rings. The van der Waals surface area contributed by atoms with Crippen LogP contribution in [0.1, 0.15) is 39.5 Å². The maximum atomic E-state index is 6.02. The minimum Gasteiger partial charge on any atom is -0.492 e. The van der Waals surface area contributed by atoms with Crippen molar-refractivity contribution in [1.82, 2.24) is 0 Å². The Morgan fingerprint density at radius 3 is 2.22 bits per heavy atom. The summed E-state index contributed by atoms with van der Waals surface area (Å²) in [5.74, 6) is 0.940. The van der Waals surface area contributed by atoms with E-state index in [0.29, 0.717) is 0 Å². The van der Waals surface area contributed by atoms with Gasteiger partial charge in [0.25, 0.3) is 0 Å². The molecule has 0 unspecified atom stereocenters. The summed E-state index contributed by atoms with van der Waals surface area (Å²) in [6.45, 7) is 5.26. The number of rotatable bonds is 8. The highest BCUT2D eigenvalue weighted by atomic mass is 79.9. The van der Waals surface area contributed by atoms with E-state index in [1.165, 1.54) is 25.7 Å². The second-order valence-corrected chi connectivity index (χ2v) is 6.27. The Balaban J connectivity index is 2.69. The van der Waals surface area contributed by atoms with Crippen LogP contribution in [0.25, 0.3) is 0 Å². The average molecular weight is 378 g/mol. The fourth-order valence-electron chi connectivity index (χ4n) is 2.29. The van der Waals surface area contributed by atoms with Gasteiger partial charge in [-0.15, -0.1) is 0 Å². The molecule has 0 heterocycles. The van der Waals surface area contributed by atoms with Gasteiger partial charge in [-0.05, 0) is 40.9 Å². The summed E-state index contributed by atoms with van der Waals surface area (Å²) >= 11 is 7.20. The smallest absolute Gasteiger partial charge is 0.133 e. The van der Waals surface area contributed by atoms with Crippen molar-refractivity contribution < 1.29 is 4.74 Å². The van der Waals surface area contributed by atoms with Crippen molar-refractivity contribution in [3.05, 3.63) is 28.7 Å². The molecule has 0 aliphatic heterocycles. The molecule has 0 bridgehead atoms. The first-order valence-electron chi connectivity index (χ1n) is 6.60. The first-order valence-corrected chi connectivity index (χ1v) is 8.52. The lowest BCUT2D eigenvalue weighted by atomic mass is 9.82. The van der Waals surface area contributed by atoms with Crippen LogP contribution in [-0.2, 0) is 0 Å². The Hall–Kier alpha value is -0.0200. The van der Waals surface area contributed by atoms with E-state index >= 15 is 0 Å². The number of alkyl halides is 1. The lowest BCUT2D eigenvalue weighted by molar-refractivity contribution is 0.144. The first-order chi connectivity index (χ1) is 8.67. The molecule has 1 aromatic carbocycles. The lowest BCUT2D eigenvalue weighted by Gasteiger charge is -2.31. The highest BCUT2D eigenvalue weighted by molar-refractivity contribution is 9.10. The summed E-state index contributed by atoms with van der Waals surface area (Å²) in [6.07, 6.45) is 4.81. The third kappa shape index (κ3) is 4.58. The van der Waals surface area contributed by atoms with Gasteiger partial charge < -0.3 is 4.74 Å². The lowest BCUT2D eigenvalue weighted by Crippen LogP contribution is -2.30. The van der Waals surface area contributed by atoms with Gasteiger partial charge in [-0.3, -0.25) is 0 Å². The van der Waals surface area contributed by atoms with Crippen molar-refractivity contribution in [2.75, 3.05) is 11.9 Å². The Labute approximate surface area is 128 Å². The molecule has 0 saturated heterocycles. The highest BCUT2D eigenvalue weighted by Crippen LogP contribution is 2.34. The minimum atomic E-state index is 0.263. The number of ether oxygens (including phenoxy) is 1. The van der Waals surface area contributed by atoms with Crippen molar-refractivity contribution in [3.8, 4) is 5.75 Å². The summed E-state index contributed by atoms with van der Waals surface area (Å²) in [5, 5.41) is 1.01. The maximum Gasteiger partial charge on any atom is 0.133 e. The second kappa shape index (κ2) is 8.21. The molecule has 0 N–H and O–H groups in total. The summed E-state index contributed by atoms with van der Waals surface area (Å²) in [4.78, 5) is 0. The zero-order valence-corrected chi connectivity index (χ0v) is 14.4. The first kappa shape index (κ1) is 16.0. The van der Waals surface area contributed by atoms with Crippen molar-refractivity contribution in [2.24, 2.45) is 5.41 Å². The van der Waals surface area contributed by atoms with Gasteiger partial charge in [0.15, 0.2) is 0 Å². The van der Waals surface area contributed by atoms with E-state index in [9.17, 15) is 0 Å². The van der Waals surface area contributed by atoms with Crippen molar-refractivity contribution in [2.45, 2.75) is 39.5 Å². The molecule has 0 spiro atoms. The molecule has 1 nitrogen and oxygen atoms in total. The van der Waals surface area contributed by atoms with Gasteiger partial charge in [0, 0.05) is 10.7 Å². The van der Waals surface area contributed by atoms with Crippen molar-refractivity contribution in [3.63, 3.8) is 0 Å². The van der Waals surface area contributed by atoms with E-state index < -0.39 is 0 Å². The van der Waals surface area contributed by atoms with Crippen LogP contribution < -0.4 is 4.74 Å². The molecule has 102 valence electrons. The standard InChI is InChI=1S/C15H22Br2O/c1-3-9-15(11-16,10-4-2)12-18-14-8-6-5-7-13(14)17/h5-8H,3-4,9-12H2,1-2H3. The van der Waals surface area contributed by atoms with Gasteiger partial charge in [0.1, 0.15) is 5.75 Å². The van der Waals surface area contributed by atoms with Crippen LogP contribution in [-0.4, -0.2) is 11.9 Å². The topological polar surface area (TPSA) is 9.23 Å². The molecule has 1 rings (SSSR count). The predicted molar refractivity (Wildman–Crippen MR) is 85.7 cm³/mol. The van der Waals surface area contributed by atoms with E-state index in [1.54, 1.807) is 0 Å². The van der Waals surface area contributed by atoms with Crippen molar-refractivity contribution >= 4 is 31.9 Å². The zero-order chi connectivity index (χ0) is 13.4. The monoisotopic (exact) mass is 376 g/mol. The molecular weight excluding hydrogens is 356 g/mol. The van der Waals surface area contributed by atoms with Crippen LogP contribution in [0.15, 0.2) is 28.7 Å². The Bertz CT molecular complexity index is 346. The maximum absolute atomic E-state index is 6.02. The number of hydrogen-bond acceptors (Lipinski definition) is 1. The fraction of sp³-hybridized carbons (Fsp3) is 0.600. The van der Waals surface area contributed by atoms with E-state index in [1.807, 2.05) is 24.3 Å². The highest BCUT2D eigenvalue weighted by Gasteiger charge is 2.28. The second-order valence-electron chi connectivity index (χ2n) is 4.85. The number of hydrogen-bond donors (Lipinski definition) is 0. The van der Waals surface area contributed by atoms with Crippen LogP contribution in [0.2, 0.25) is 0 Å². The molecule has 0 fully saturated rings. The number of halogens is 2. The van der Waals surface area contributed by atoms with Gasteiger partial charge in [-0.25, -0.2) is 0 Å². The fourth-order valence-corrected chi connectivity index (χ4v) is 3.42. The quantitative estimate of drug-likeness (QED) is 0.519. The van der Waals surface area contributed by atoms with Crippen molar-refractivity contribution in [1.29, 1.82) is 0 Å². The summed E-state index contributed by atoms with van der Waals surface area (Å²) in [5.41, 5.74) is 0.263. The third-order valence-electron chi connectivity index (χ3n) is 3.21. The van der Waals surface area contributed by atoms with Gasteiger partial charge in [0.05, 0.1) is 11.1 Å². The molecule has 0 aliphatic carbocycles. The van der Waals surface area contributed by atoms with E-state index in [-0.39, 0.29) is 5.41 Å². The van der Waals surface area contributed by atoms with E-state index in [4.69, 9.17) is 4.74 Å². The molecule has 18 heavy (non-hydrogen) atoms. The molecule has 0 radical (unpaired) electrons. The summed E-state index contributed by atoms with van der Waals surface area (Å²) < 4.78 is 7.05. The van der Waals surface area contributed by atoms with Crippen LogP contribution in [0.3, 0.4) is 0 Å². The van der Waals surface area contributed by atoms with Crippen LogP contribution >= 0.6 is 31.9 Å². The Morgan fingerprint density at radius 1 is 1.11 bits per heavy atom. The molecule has 3 heteroatoms. The molecule has 0 atom stereocenters. The van der Waals surface area contributed by atoms with Gasteiger partial charge in [0.2, 0.25) is 0 Å². The van der Waals surface area contributed by atoms with Crippen LogP contribution in [0.4, 0.5) is 0 Å². The largest absolute Gasteiger partial charge is 0.492 e. The Kier molecular flexibility index (Phi) is 7.31. The van der Waals surface area contributed by atoms with Crippen LogP contribution in [0, 0.1) is 5.41 Å². The number of benzene rings is 1. The van der Waals surface area contributed by atoms with E-state index in [0.717, 1.165) is 22.2 Å². The normalized spacial score (nSPS) is 11.6. The molecule has 0 saturated carbocycles. The minimum absolute atomic E-state index is 0.263. The van der Waals surface area contributed by atoms with Gasteiger partial charge >= 0.3 is 0 Å². The molecule has 0 aliphatic rings. The number of para-hydroxylation sites is 1. The molecule has 0 amide bonds. The van der Waals surface area contributed by atoms with Gasteiger partial charge in [-0.2, -0.15) is 0 Å². The zero-order valence-electron chi connectivity index (χ0n) is 11.2. The summed E-state index contributed by atoms with van der Waals surface area (Å²) in [6, 6.07) is 8.05. The SMILES string of the molecule is CCCC(CBr)(CCC)COc1ccccc1Br. The average Bonchev–Trinajstić information content (AvgIpc) is 2.38. The predicted octanol–water partition coefficient (Wildman–Crippen LogP) is 5.81. The third-order valence-corrected chi connectivity index (χ3v) is 5.06. The van der Waals surface area contributed by atoms with E-state index in [2.05, 4.69) is 45.7 Å². The van der Waals surface area contributed by atoms with Gasteiger partial charge in [-0.1, -0.05) is 54.8 Å². The molecule has 0 aromatic heterocycles. The molecular formula is C15H22Br2O.